The lowest BCUT2D eigenvalue weighted by Gasteiger charge is -2.18. The van der Waals surface area contributed by atoms with E-state index in [9.17, 15) is 0 Å². The Bertz CT molecular complexity index is 1030. The van der Waals surface area contributed by atoms with Gasteiger partial charge in [0.1, 0.15) is 7.05 Å². The van der Waals surface area contributed by atoms with Crippen LogP contribution in [0, 0.1) is 20.8 Å². The Morgan fingerprint density at radius 3 is 2.36 bits per heavy atom. The van der Waals surface area contributed by atoms with Crippen LogP contribution in [0.25, 0.3) is 22.0 Å². The number of hydrogen-bond acceptors (Lipinski definition) is 0. The van der Waals surface area contributed by atoms with Crippen molar-refractivity contribution < 1.29 is 4.57 Å². The average Bonchev–Trinajstić information content (AvgIpc) is 3.18. The number of nitrogens with zero attached hydrogens (tertiary/aromatic N) is 1. The molecule has 2 unspecified atom stereocenters. The van der Waals surface area contributed by atoms with Crippen molar-refractivity contribution in [2.75, 3.05) is 0 Å². The first-order valence-corrected chi connectivity index (χ1v) is 9.57. The topological polar surface area (TPSA) is 3.88 Å². The van der Waals surface area contributed by atoms with Crippen molar-refractivity contribution in [3.8, 4) is 11.3 Å². The van der Waals surface area contributed by atoms with E-state index in [1.54, 1.807) is 11.1 Å². The quantitative estimate of drug-likeness (QED) is 0.510. The third kappa shape index (κ3) is 2.11. The Hall–Kier alpha value is -2.15. The fourth-order valence-corrected chi connectivity index (χ4v) is 5.26. The molecule has 2 aliphatic carbocycles. The monoisotopic (exact) mass is 328 g/mol. The molecular weight excluding hydrogens is 302 g/mol. The van der Waals surface area contributed by atoms with Crippen LogP contribution in [-0.2, 0) is 7.05 Å². The van der Waals surface area contributed by atoms with Gasteiger partial charge in [0.2, 0.25) is 5.69 Å². The minimum atomic E-state index is 0.808. The molecule has 1 nitrogen and oxygen atoms in total. The van der Waals surface area contributed by atoms with E-state index < -0.39 is 0 Å². The number of aromatic nitrogens is 1. The lowest BCUT2D eigenvalue weighted by Crippen LogP contribution is -2.35. The predicted octanol–water partition coefficient (Wildman–Crippen LogP) is 5.62. The summed E-state index contributed by atoms with van der Waals surface area (Å²) in [7, 11) is 2.21. The van der Waals surface area contributed by atoms with Crippen LogP contribution in [0.3, 0.4) is 0 Å². The van der Waals surface area contributed by atoms with Gasteiger partial charge in [-0.1, -0.05) is 23.8 Å². The number of rotatable bonds is 1. The van der Waals surface area contributed by atoms with Crippen molar-refractivity contribution in [3.63, 3.8) is 0 Å². The molecule has 1 saturated carbocycles. The Morgan fingerprint density at radius 1 is 0.880 bits per heavy atom. The summed E-state index contributed by atoms with van der Waals surface area (Å²) in [4.78, 5) is 0. The second-order valence-electron chi connectivity index (χ2n) is 8.29. The normalized spacial score (nSPS) is 21.1. The van der Waals surface area contributed by atoms with Crippen LogP contribution < -0.4 is 4.57 Å². The second-order valence-corrected chi connectivity index (χ2v) is 8.29. The maximum absolute atomic E-state index is 2.53. The summed E-state index contributed by atoms with van der Waals surface area (Å²) in [5.74, 6) is 1.64. The summed E-state index contributed by atoms with van der Waals surface area (Å²) in [5.41, 5.74) is 10.2. The minimum absolute atomic E-state index is 0.808. The molecule has 1 heteroatoms. The lowest BCUT2D eigenvalue weighted by molar-refractivity contribution is -0.665. The molecule has 2 aromatic carbocycles. The maximum atomic E-state index is 2.53. The van der Waals surface area contributed by atoms with Crippen molar-refractivity contribution in [3.05, 3.63) is 64.3 Å². The molecule has 1 heterocycles. The Morgan fingerprint density at radius 2 is 1.60 bits per heavy atom. The van der Waals surface area contributed by atoms with Crippen molar-refractivity contribution in [1.29, 1.82) is 0 Å². The number of fused-ring (bicyclic) bond motifs is 6. The molecule has 2 aliphatic rings. The molecule has 5 rings (SSSR count). The van der Waals surface area contributed by atoms with E-state index in [0.29, 0.717) is 0 Å². The van der Waals surface area contributed by atoms with E-state index in [1.165, 1.54) is 58.1 Å². The molecule has 0 aliphatic heterocycles. The van der Waals surface area contributed by atoms with Crippen LogP contribution in [0.5, 0.6) is 0 Å². The lowest BCUT2D eigenvalue weighted by atomic mass is 9.86. The third-order valence-electron chi connectivity index (χ3n) is 6.69. The van der Waals surface area contributed by atoms with Crippen LogP contribution in [0.4, 0.5) is 0 Å². The Labute approximate surface area is 150 Å². The molecule has 2 atom stereocenters. The molecule has 0 N–H and O–H groups in total. The summed E-state index contributed by atoms with van der Waals surface area (Å²) >= 11 is 0. The molecule has 25 heavy (non-hydrogen) atoms. The predicted molar refractivity (Wildman–Crippen MR) is 104 cm³/mol. The highest BCUT2D eigenvalue weighted by Gasteiger charge is 2.37. The highest BCUT2D eigenvalue weighted by atomic mass is 14.9. The summed E-state index contributed by atoms with van der Waals surface area (Å²) in [6.45, 7) is 6.70. The first-order chi connectivity index (χ1) is 12.0. The maximum Gasteiger partial charge on any atom is 0.220 e. The van der Waals surface area contributed by atoms with Gasteiger partial charge in [-0.05, 0) is 79.2 Å². The van der Waals surface area contributed by atoms with Crippen LogP contribution in [0.2, 0.25) is 0 Å². The molecule has 0 amide bonds. The molecular formula is C24H26N+. The van der Waals surface area contributed by atoms with E-state index in [4.69, 9.17) is 0 Å². The molecule has 126 valence electrons. The highest BCUT2D eigenvalue weighted by molar-refractivity contribution is 5.94. The van der Waals surface area contributed by atoms with E-state index in [-0.39, 0.29) is 0 Å². The average molecular weight is 328 g/mol. The fourth-order valence-electron chi connectivity index (χ4n) is 5.26. The van der Waals surface area contributed by atoms with E-state index in [0.717, 1.165) is 11.8 Å². The van der Waals surface area contributed by atoms with Crippen molar-refractivity contribution in [1.82, 2.24) is 0 Å². The summed E-state index contributed by atoms with van der Waals surface area (Å²) < 4.78 is 2.38. The summed E-state index contributed by atoms with van der Waals surface area (Å²) in [5, 5.41) is 2.72. The number of hydrogen-bond donors (Lipinski definition) is 0. The summed E-state index contributed by atoms with van der Waals surface area (Å²) in [6.07, 6.45) is 4.18. The first kappa shape index (κ1) is 15.1. The Kier molecular flexibility index (Phi) is 3.13. The van der Waals surface area contributed by atoms with Gasteiger partial charge in [-0.3, -0.25) is 0 Å². The van der Waals surface area contributed by atoms with Crippen LogP contribution >= 0.6 is 0 Å². The van der Waals surface area contributed by atoms with Gasteiger partial charge in [-0.2, -0.15) is 4.57 Å². The number of aryl methyl sites for hydroxylation is 3. The van der Waals surface area contributed by atoms with E-state index >= 15 is 0 Å². The van der Waals surface area contributed by atoms with Crippen molar-refractivity contribution >= 4 is 10.8 Å². The SMILES string of the molecule is Cc1ccc2cc(C)[n+](C)c(-c3cc4c(cc3C)C3CCC4C3)c2c1. The zero-order chi connectivity index (χ0) is 17.3. The molecule has 1 fully saturated rings. The third-order valence-corrected chi connectivity index (χ3v) is 6.69. The van der Waals surface area contributed by atoms with Crippen LogP contribution in [0.1, 0.15) is 59.0 Å². The van der Waals surface area contributed by atoms with Gasteiger partial charge in [0, 0.05) is 13.0 Å². The van der Waals surface area contributed by atoms with Crippen LogP contribution in [0.15, 0.2) is 36.4 Å². The zero-order valence-corrected chi connectivity index (χ0v) is 15.7. The molecule has 0 saturated heterocycles. The van der Waals surface area contributed by atoms with Gasteiger partial charge in [-0.25, -0.2) is 0 Å². The van der Waals surface area contributed by atoms with E-state index in [1.807, 2.05) is 0 Å². The van der Waals surface area contributed by atoms with Gasteiger partial charge in [0.05, 0.1) is 10.9 Å². The zero-order valence-electron chi connectivity index (χ0n) is 15.7. The van der Waals surface area contributed by atoms with Crippen molar-refractivity contribution in [2.45, 2.75) is 51.9 Å². The highest BCUT2D eigenvalue weighted by Crippen LogP contribution is 2.54. The van der Waals surface area contributed by atoms with Crippen molar-refractivity contribution in [2.24, 2.45) is 7.05 Å². The standard InChI is InChI=1S/C24H26N/c1-14-5-6-17-11-16(3)25(4)24(23(17)9-14)20-13-22-19-8-7-18(12-19)21(22)10-15(20)2/h5-6,9-11,13,18-19H,7-8,12H2,1-4H3/q+1. The van der Waals surface area contributed by atoms with Gasteiger partial charge in [0.25, 0.3) is 0 Å². The summed E-state index contributed by atoms with van der Waals surface area (Å²) in [6, 6.07) is 14.2. The minimum Gasteiger partial charge on any atom is -0.198 e. The molecule has 0 spiro atoms. The molecule has 0 radical (unpaired) electrons. The number of pyridine rings is 1. The fraction of sp³-hybridized carbons (Fsp3) is 0.375. The smallest absolute Gasteiger partial charge is 0.198 e. The van der Waals surface area contributed by atoms with Gasteiger partial charge < -0.3 is 0 Å². The molecule has 1 aromatic heterocycles. The Balaban J connectivity index is 1.84. The van der Waals surface area contributed by atoms with Crippen LogP contribution in [-0.4, -0.2) is 0 Å². The van der Waals surface area contributed by atoms with Gasteiger partial charge in [-0.15, -0.1) is 0 Å². The van der Waals surface area contributed by atoms with Gasteiger partial charge in [0.15, 0.2) is 5.69 Å². The van der Waals surface area contributed by atoms with E-state index in [2.05, 4.69) is 68.8 Å². The van der Waals surface area contributed by atoms with Gasteiger partial charge >= 0.3 is 0 Å². The number of benzene rings is 2. The molecule has 2 bridgehead atoms. The second kappa shape index (κ2) is 5.17. The first-order valence-electron chi connectivity index (χ1n) is 9.57. The molecule has 3 aromatic rings. The largest absolute Gasteiger partial charge is 0.220 e.